The van der Waals surface area contributed by atoms with Gasteiger partial charge in [0.2, 0.25) is 6.79 Å². The predicted octanol–water partition coefficient (Wildman–Crippen LogP) is 4.18. The quantitative estimate of drug-likeness (QED) is 0.245. The van der Waals surface area contributed by atoms with Crippen LogP contribution in [0.4, 0.5) is 0 Å². The first kappa shape index (κ1) is 33.2. The molecule has 1 saturated carbocycles. The Hall–Kier alpha value is -3.70. The second-order valence-corrected chi connectivity index (χ2v) is 11.4. The highest BCUT2D eigenvalue weighted by molar-refractivity contribution is 5.98. The van der Waals surface area contributed by atoms with E-state index in [4.69, 9.17) is 28.4 Å². The highest BCUT2D eigenvalue weighted by Gasteiger charge is 2.36. The van der Waals surface area contributed by atoms with Gasteiger partial charge in [0.1, 0.15) is 18.8 Å². The zero-order chi connectivity index (χ0) is 31.5. The van der Waals surface area contributed by atoms with E-state index in [1.54, 1.807) is 6.92 Å². The van der Waals surface area contributed by atoms with Crippen molar-refractivity contribution in [2.45, 2.75) is 77.5 Å². The van der Waals surface area contributed by atoms with E-state index >= 15 is 0 Å². The summed E-state index contributed by atoms with van der Waals surface area (Å²) >= 11 is 0. The van der Waals surface area contributed by atoms with Crippen LogP contribution in [-0.2, 0) is 35.0 Å². The van der Waals surface area contributed by atoms with Crippen LogP contribution in [-0.4, -0.2) is 74.8 Å². The highest BCUT2D eigenvalue weighted by Crippen LogP contribution is 2.33. The number of cyclic esters (lactones) is 1. The number of pyridine rings is 1. The highest BCUT2D eigenvalue weighted by atomic mass is 16.7. The average molecular weight is 613 g/mol. The number of nitrogens with one attached hydrogen (secondary N) is 1. The summed E-state index contributed by atoms with van der Waals surface area (Å²) in [7, 11) is 1.41. The zero-order valence-electron chi connectivity index (χ0n) is 26.0. The number of hydrogen-bond donors (Lipinski definition) is 1. The van der Waals surface area contributed by atoms with Crippen LogP contribution in [0.5, 0.6) is 11.5 Å². The summed E-state index contributed by atoms with van der Waals surface area (Å²) in [5.41, 5.74) is 2.30. The van der Waals surface area contributed by atoms with Gasteiger partial charge in [0.05, 0.1) is 13.2 Å². The zero-order valence-corrected chi connectivity index (χ0v) is 26.0. The second kappa shape index (κ2) is 16.4. The number of nitrogens with zero attached hydrogens (tertiary/aromatic N) is 1. The molecule has 1 saturated heterocycles. The molecule has 0 bridgehead atoms. The topological polar surface area (TPSA) is 132 Å². The minimum atomic E-state index is -0.906. The van der Waals surface area contributed by atoms with Gasteiger partial charge >= 0.3 is 11.9 Å². The molecular weight excluding hydrogens is 568 g/mol. The van der Waals surface area contributed by atoms with Gasteiger partial charge in [-0.2, -0.15) is 0 Å². The molecule has 1 aromatic carbocycles. The van der Waals surface area contributed by atoms with E-state index in [9.17, 15) is 14.4 Å². The smallest absolute Gasteiger partial charge is 0.334 e. The van der Waals surface area contributed by atoms with Crippen LogP contribution in [0.3, 0.4) is 0 Å². The third kappa shape index (κ3) is 9.65. The van der Waals surface area contributed by atoms with Crippen LogP contribution in [0, 0.1) is 18.8 Å². The maximum atomic E-state index is 13.5. The van der Waals surface area contributed by atoms with Crippen LogP contribution in [0.2, 0.25) is 0 Å². The fraction of sp³-hybridized carbons (Fsp3) is 0.576. The number of amides is 1. The Bertz CT molecular complexity index is 1250. The maximum absolute atomic E-state index is 13.5. The van der Waals surface area contributed by atoms with Gasteiger partial charge < -0.3 is 33.7 Å². The summed E-state index contributed by atoms with van der Waals surface area (Å²) < 4.78 is 33.4. The molecule has 44 heavy (non-hydrogen) atoms. The first-order valence-corrected chi connectivity index (χ1v) is 15.4. The van der Waals surface area contributed by atoms with Crippen LogP contribution in [0.1, 0.15) is 67.6 Å². The minimum absolute atomic E-state index is 0.0202. The van der Waals surface area contributed by atoms with Crippen LogP contribution in [0.15, 0.2) is 36.5 Å². The van der Waals surface area contributed by atoms with Gasteiger partial charge in [0, 0.05) is 25.5 Å². The molecule has 2 fully saturated rings. The number of carbonyl (C=O) groups is 3. The Labute approximate surface area is 258 Å². The van der Waals surface area contributed by atoms with Gasteiger partial charge in [-0.15, -0.1) is 0 Å². The Morgan fingerprint density at radius 1 is 1.09 bits per heavy atom. The number of methoxy groups -OCH3 is 1. The lowest BCUT2D eigenvalue weighted by Gasteiger charge is -2.31. The van der Waals surface area contributed by atoms with E-state index in [1.165, 1.54) is 30.5 Å². The number of benzene rings is 1. The van der Waals surface area contributed by atoms with Crippen molar-refractivity contribution in [2.24, 2.45) is 11.8 Å². The molecule has 4 rings (SSSR count). The van der Waals surface area contributed by atoms with E-state index < -0.39 is 36.8 Å². The predicted molar refractivity (Wildman–Crippen MR) is 160 cm³/mol. The van der Waals surface area contributed by atoms with E-state index in [0.717, 1.165) is 25.7 Å². The van der Waals surface area contributed by atoms with Crippen molar-refractivity contribution in [1.29, 1.82) is 0 Å². The summed E-state index contributed by atoms with van der Waals surface area (Å²) in [6.45, 7) is 6.00. The van der Waals surface area contributed by atoms with E-state index in [0.29, 0.717) is 32.0 Å². The molecule has 1 amide bonds. The van der Waals surface area contributed by atoms with Crippen molar-refractivity contribution in [3.63, 3.8) is 0 Å². The molecule has 1 aliphatic heterocycles. The molecule has 240 valence electrons. The van der Waals surface area contributed by atoms with Crippen LogP contribution in [0.25, 0.3) is 0 Å². The lowest BCUT2D eigenvalue weighted by Crippen LogP contribution is -2.45. The Morgan fingerprint density at radius 2 is 1.86 bits per heavy atom. The maximum Gasteiger partial charge on any atom is 0.334 e. The molecule has 2 aromatic rings. The average Bonchev–Trinajstić information content (AvgIpc) is 3.84. The summed E-state index contributed by atoms with van der Waals surface area (Å²) in [6.07, 6.45) is 5.62. The van der Waals surface area contributed by atoms with Gasteiger partial charge in [-0.1, -0.05) is 36.2 Å². The number of ether oxygens (including phenoxy) is 6. The van der Waals surface area contributed by atoms with Gasteiger partial charge in [-0.25, -0.2) is 14.6 Å². The third-order valence-electron chi connectivity index (χ3n) is 7.88. The Kier molecular flexibility index (Phi) is 12.4. The van der Waals surface area contributed by atoms with Gasteiger partial charge in [-0.05, 0) is 70.3 Å². The normalized spacial score (nSPS) is 22.1. The number of hydrogen-bond acceptors (Lipinski definition) is 10. The van der Waals surface area contributed by atoms with Gasteiger partial charge in [-0.3, -0.25) is 4.79 Å². The van der Waals surface area contributed by atoms with E-state index in [1.807, 2.05) is 6.92 Å². The summed E-state index contributed by atoms with van der Waals surface area (Å²) in [6, 6.07) is 9.10. The van der Waals surface area contributed by atoms with Crippen molar-refractivity contribution in [3.8, 4) is 11.5 Å². The number of aryl methyl sites for hydroxylation is 1. The summed E-state index contributed by atoms with van der Waals surface area (Å²) in [5.74, 6) is -0.900. The fourth-order valence-corrected chi connectivity index (χ4v) is 5.26. The SMILES string of the molecule is CCOCC(=O)OCOc1c(OC)ccnc1C(=O)NC1CCCC(Cc2ccc(C)cc2)C(OCC2CC2)C(C)OC1=O. The third-order valence-corrected chi connectivity index (χ3v) is 7.88. The molecule has 4 unspecified atom stereocenters. The first-order valence-electron chi connectivity index (χ1n) is 15.4. The van der Waals surface area contributed by atoms with Crippen molar-refractivity contribution >= 4 is 17.8 Å². The monoisotopic (exact) mass is 612 g/mol. The summed E-state index contributed by atoms with van der Waals surface area (Å²) in [5, 5.41) is 2.79. The Balaban J connectivity index is 1.46. The van der Waals surface area contributed by atoms with Gasteiger partial charge in [0.25, 0.3) is 5.91 Å². The largest absolute Gasteiger partial charge is 0.493 e. The van der Waals surface area contributed by atoms with Crippen molar-refractivity contribution < 1.29 is 42.8 Å². The molecule has 11 heteroatoms. The number of rotatable bonds is 14. The molecule has 0 radical (unpaired) electrons. The molecule has 4 atom stereocenters. The molecule has 11 nitrogen and oxygen atoms in total. The van der Waals surface area contributed by atoms with Crippen LogP contribution >= 0.6 is 0 Å². The molecule has 1 aliphatic carbocycles. The van der Waals surface area contributed by atoms with Gasteiger partial charge in [0.15, 0.2) is 17.2 Å². The molecule has 1 aromatic heterocycles. The first-order chi connectivity index (χ1) is 21.3. The summed E-state index contributed by atoms with van der Waals surface area (Å²) in [4.78, 5) is 42.8. The molecule has 1 N–H and O–H groups in total. The second-order valence-electron chi connectivity index (χ2n) is 11.4. The fourth-order valence-electron chi connectivity index (χ4n) is 5.26. The number of esters is 2. The molecule has 2 heterocycles. The van der Waals surface area contributed by atoms with E-state index in [-0.39, 0.29) is 35.8 Å². The van der Waals surface area contributed by atoms with Crippen LogP contribution < -0.4 is 14.8 Å². The number of carbonyl (C=O) groups excluding carboxylic acids is 3. The Morgan fingerprint density at radius 3 is 2.57 bits per heavy atom. The minimum Gasteiger partial charge on any atom is -0.493 e. The molecule has 0 spiro atoms. The van der Waals surface area contributed by atoms with Crippen molar-refractivity contribution in [1.82, 2.24) is 10.3 Å². The lowest BCUT2D eigenvalue weighted by molar-refractivity contribution is -0.161. The number of aromatic nitrogens is 1. The molecule has 2 aliphatic rings. The van der Waals surface area contributed by atoms with Crippen molar-refractivity contribution in [3.05, 3.63) is 53.3 Å². The molecular formula is C33H44N2O9. The van der Waals surface area contributed by atoms with Crippen molar-refractivity contribution in [2.75, 3.05) is 33.7 Å². The lowest BCUT2D eigenvalue weighted by atomic mass is 9.86. The van der Waals surface area contributed by atoms with E-state index in [2.05, 4.69) is 41.5 Å². The standard InChI is InChI=1S/C33H44N2O9/c1-5-40-19-28(36)42-20-43-31-27(39-4)15-16-34-29(31)32(37)35-26-8-6-7-25(17-23-11-9-21(2)10-12-23)30(22(3)44-33(26)38)41-18-24-13-14-24/h9-12,15-16,22,24-26,30H,5-8,13-14,17-20H2,1-4H3,(H,35,37).